The van der Waals surface area contributed by atoms with Crippen molar-refractivity contribution in [1.29, 1.82) is 5.26 Å². The van der Waals surface area contributed by atoms with Crippen LogP contribution in [0, 0.1) is 28.2 Å². The fraction of sp³-hybridized carbons (Fsp3) is 0.667. The van der Waals surface area contributed by atoms with Gasteiger partial charge in [-0.3, -0.25) is 0 Å². The quantitative estimate of drug-likeness (QED) is 0.514. The Balaban J connectivity index is 1.68. The Morgan fingerprint density at radius 3 is 2.56 bits per heavy atom. The third-order valence-electron chi connectivity index (χ3n) is 10.2. The van der Waals surface area contributed by atoms with Gasteiger partial charge in [0, 0.05) is 31.6 Å². The molecule has 170 valence electrons. The second kappa shape index (κ2) is 5.83. The largest absolute Gasteiger partial charge is 0.493 e. The Kier molecular flexibility index (Phi) is 3.72. The first kappa shape index (κ1) is 20.4. The molecule has 7 rings (SSSR count). The Labute approximate surface area is 191 Å². The second-order valence-electron chi connectivity index (χ2n) is 12.0. The smallest absolute Gasteiger partial charge is 0.179 e. The summed E-state index contributed by atoms with van der Waals surface area (Å²) < 4.78 is 19.3. The van der Waals surface area contributed by atoms with Crippen molar-refractivity contribution in [3.8, 4) is 17.7 Å². The minimum absolute atomic E-state index is 0.000524. The van der Waals surface area contributed by atoms with Gasteiger partial charge in [-0.05, 0) is 40.9 Å². The monoisotopic (exact) mass is 434 g/mol. The van der Waals surface area contributed by atoms with Gasteiger partial charge < -0.3 is 19.1 Å². The number of hydrogen-bond donors (Lipinski definition) is 0. The van der Waals surface area contributed by atoms with Gasteiger partial charge in [0.15, 0.2) is 17.7 Å². The summed E-state index contributed by atoms with van der Waals surface area (Å²) in [4.78, 5) is 2.02. The van der Waals surface area contributed by atoms with Crippen LogP contribution < -0.4 is 9.47 Å². The number of likely N-dealkylation sites (tertiary alicyclic amines) is 1. The maximum Gasteiger partial charge on any atom is 0.179 e. The normalized spacial score (nSPS) is 36.2. The molecule has 3 unspecified atom stereocenters. The Morgan fingerprint density at radius 2 is 1.94 bits per heavy atom. The molecule has 1 saturated heterocycles. The number of methoxy groups -OCH3 is 2. The van der Waals surface area contributed by atoms with Crippen molar-refractivity contribution in [3.05, 3.63) is 34.4 Å². The van der Waals surface area contributed by atoms with Crippen LogP contribution in [-0.2, 0) is 16.6 Å². The van der Waals surface area contributed by atoms with Crippen molar-refractivity contribution < 1.29 is 14.2 Å². The number of nitriles is 1. The van der Waals surface area contributed by atoms with Crippen LogP contribution >= 0.6 is 0 Å². The maximum absolute atomic E-state index is 10.0. The average Bonchev–Trinajstić information content (AvgIpc) is 3.07. The lowest BCUT2D eigenvalue weighted by molar-refractivity contribution is -0.219. The van der Waals surface area contributed by atoms with Crippen molar-refractivity contribution in [3.63, 3.8) is 0 Å². The highest BCUT2D eigenvalue weighted by molar-refractivity contribution is 5.70. The Hall–Kier alpha value is -2.19. The highest BCUT2D eigenvalue weighted by Crippen LogP contribution is 2.75. The summed E-state index contributed by atoms with van der Waals surface area (Å²) in [5, 5.41) is 10.0. The van der Waals surface area contributed by atoms with E-state index in [1.165, 1.54) is 22.3 Å². The second-order valence-corrected chi connectivity index (χ2v) is 12.0. The van der Waals surface area contributed by atoms with E-state index in [0.29, 0.717) is 0 Å². The van der Waals surface area contributed by atoms with E-state index in [4.69, 9.17) is 14.2 Å². The molecule has 5 atom stereocenters. The average molecular weight is 435 g/mol. The number of hydrogen-bond acceptors (Lipinski definition) is 5. The van der Waals surface area contributed by atoms with Crippen molar-refractivity contribution in [2.45, 2.75) is 77.0 Å². The molecular weight excluding hydrogens is 400 g/mol. The molecule has 32 heavy (non-hydrogen) atoms. The molecule has 2 heterocycles. The zero-order valence-corrected chi connectivity index (χ0v) is 20.3. The topological polar surface area (TPSA) is 54.7 Å². The summed E-state index contributed by atoms with van der Waals surface area (Å²) in [6.45, 7) is 12.5. The third kappa shape index (κ3) is 1.93. The number of benzene rings is 1. The van der Waals surface area contributed by atoms with Crippen LogP contribution in [0.5, 0.6) is 11.5 Å². The molecule has 0 amide bonds. The molecule has 4 bridgehead atoms. The van der Waals surface area contributed by atoms with E-state index in [1.807, 2.05) is 18.1 Å². The molecule has 6 aliphatic rings. The number of nitrogens with zero attached hydrogens (tertiary/aromatic N) is 2. The van der Waals surface area contributed by atoms with Gasteiger partial charge in [0.25, 0.3) is 0 Å². The lowest BCUT2D eigenvalue weighted by Gasteiger charge is -2.70. The summed E-state index contributed by atoms with van der Waals surface area (Å²) in [7, 11) is 3.60. The highest BCUT2D eigenvalue weighted by Gasteiger charge is 2.78. The van der Waals surface area contributed by atoms with Gasteiger partial charge >= 0.3 is 0 Å². The molecule has 0 aromatic heterocycles. The number of piperidine rings is 1. The van der Waals surface area contributed by atoms with E-state index < -0.39 is 0 Å². The minimum atomic E-state index is -0.367. The van der Waals surface area contributed by atoms with Gasteiger partial charge in [-0.15, -0.1) is 0 Å². The molecule has 1 aromatic carbocycles. The van der Waals surface area contributed by atoms with E-state index in [2.05, 4.69) is 46.9 Å². The number of ether oxygens (including phenoxy) is 3. The van der Waals surface area contributed by atoms with Crippen LogP contribution in [0.3, 0.4) is 0 Å². The summed E-state index contributed by atoms with van der Waals surface area (Å²) in [5.74, 6) is 1.98. The highest BCUT2D eigenvalue weighted by atomic mass is 16.6. The molecular formula is C27H34N2O3. The molecule has 1 spiro atoms. The van der Waals surface area contributed by atoms with E-state index >= 15 is 0 Å². The Morgan fingerprint density at radius 1 is 1.19 bits per heavy atom. The van der Waals surface area contributed by atoms with Gasteiger partial charge in [-0.25, -0.2) is 0 Å². The standard InChI is InChI=1S/C27H34N2O3/c1-24(2,3)25(4,5)22-16-13-27(22,31-7)23-26-10-11-29(14-28)17(20(16)26)12-15-8-9-18(30-6)21(32-23)19(15)26/h8-9,17,22-23H,10-13H2,1-7H3/t17?,22-,23?,26?,27-/m1/s1. The van der Waals surface area contributed by atoms with Gasteiger partial charge in [-0.2, -0.15) is 5.26 Å². The lowest BCUT2D eigenvalue weighted by Crippen LogP contribution is -2.76. The predicted octanol–water partition coefficient (Wildman–Crippen LogP) is 4.59. The van der Waals surface area contributed by atoms with Crippen molar-refractivity contribution >= 4 is 0 Å². The molecule has 0 N–H and O–H groups in total. The zero-order valence-electron chi connectivity index (χ0n) is 20.3. The minimum Gasteiger partial charge on any atom is -0.493 e. The summed E-state index contributed by atoms with van der Waals surface area (Å²) in [5.41, 5.74) is 5.13. The van der Waals surface area contributed by atoms with Crippen LogP contribution in [0.4, 0.5) is 0 Å². The fourth-order valence-corrected chi connectivity index (χ4v) is 7.96. The lowest BCUT2D eigenvalue weighted by atomic mass is 9.37. The predicted molar refractivity (Wildman–Crippen MR) is 122 cm³/mol. The van der Waals surface area contributed by atoms with Crippen molar-refractivity contribution in [2.24, 2.45) is 16.7 Å². The van der Waals surface area contributed by atoms with E-state index in [9.17, 15) is 5.26 Å². The zero-order chi connectivity index (χ0) is 22.8. The fourth-order valence-electron chi connectivity index (χ4n) is 7.96. The molecule has 2 aliphatic heterocycles. The third-order valence-corrected chi connectivity index (χ3v) is 10.2. The van der Waals surface area contributed by atoms with Gasteiger partial charge in [-0.1, -0.05) is 46.3 Å². The molecule has 2 fully saturated rings. The molecule has 5 heteroatoms. The molecule has 0 radical (unpaired) electrons. The van der Waals surface area contributed by atoms with E-state index in [0.717, 1.165) is 37.3 Å². The molecule has 1 aromatic rings. The maximum atomic E-state index is 10.0. The van der Waals surface area contributed by atoms with Gasteiger partial charge in [0.05, 0.1) is 18.6 Å². The van der Waals surface area contributed by atoms with Crippen LogP contribution in [0.25, 0.3) is 0 Å². The van der Waals surface area contributed by atoms with Crippen LogP contribution in [0.1, 0.15) is 58.6 Å². The molecule has 5 nitrogen and oxygen atoms in total. The first-order chi connectivity index (χ1) is 15.1. The van der Waals surface area contributed by atoms with Crippen molar-refractivity contribution in [1.82, 2.24) is 4.90 Å². The van der Waals surface area contributed by atoms with Gasteiger partial charge in [0.2, 0.25) is 0 Å². The molecule has 4 aliphatic carbocycles. The molecule has 1 saturated carbocycles. The Bertz CT molecular complexity index is 1110. The summed E-state index contributed by atoms with van der Waals surface area (Å²) in [6.07, 6.45) is 5.08. The van der Waals surface area contributed by atoms with Crippen LogP contribution in [-0.4, -0.2) is 43.4 Å². The SMILES string of the molecule is COc1ccc2c3c1OC1C34CCN(C#N)C(C2)C4=C2C[C@@]1(OC)[C@H]2C(C)(C)C(C)(C)C. The first-order valence-corrected chi connectivity index (χ1v) is 11.9. The number of rotatable bonds is 3. The first-order valence-electron chi connectivity index (χ1n) is 11.9. The van der Waals surface area contributed by atoms with Crippen LogP contribution in [0.15, 0.2) is 23.3 Å². The van der Waals surface area contributed by atoms with Gasteiger partial charge in [0.1, 0.15) is 11.7 Å². The van der Waals surface area contributed by atoms with Crippen LogP contribution in [0.2, 0.25) is 0 Å². The summed E-state index contributed by atoms with van der Waals surface area (Å²) >= 11 is 0. The van der Waals surface area contributed by atoms with E-state index in [1.54, 1.807) is 7.11 Å². The summed E-state index contributed by atoms with van der Waals surface area (Å²) in [6, 6.07) is 4.35. The van der Waals surface area contributed by atoms with E-state index in [-0.39, 0.29) is 39.9 Å². The van der Waals surface area contributed by atoms with Crippen molar-refractivity contribution in [2.75, 3.05) is 20.8 Å².